The Hall–Kier alpha value is -1.62. The number of carbonyl (C=O) groups excluding carboxylic acids is 1. The summed E-state index contributed by atoms with van der Waals surface area (Å²) in [6, 6.07) is 4.13. The Labute approximate surface area is 115 Å². The molecule has 2 N–H and O–H groups in total. The lowest BCUT2D eigenvalue weighted by molar-refractivity contribution is -0.122. The number of hydrogen-bond acceptors (Lipinski definition) is 4. The topological polar surface area (TPSA) is 57.3 Å². The van der Waals surface area contributed by atoms with E-state index in [0.717, 1.165) is 17.9 Å². The van der Waals surface area contributed by atoms with Crippen LogP contribution in [0.5, 0.6) is 0 Å². The maximum atomic E-state index is 11.6. The van der Waals surface area contributed by atoms with Gasteiger partial charge in [-0.15, -0.1) is 0 Å². The summed E-state index contributed by atoms with van der Waals surface area (Å²) in [4.78, 5) is 17.9. The number of anilines is 1. The molecule has 0 aliphatic heterocycles. The standard InChI is InChI=1S/C14H24N4O/c1-5-15-12-6-7-16-13(8-12)9-18(4)10-14(19)17-11(2)3/h6-8,11H,5,9-10H2,1-4H3,(H,15,16)(H,17,19). The molecule has 0 aliphatic carbocycles. The molecule has 106 valence electrons. The van der Waals surface area contributed by atoms with Gasteiger partial charge in [0, 0.05) is 31.0 Å². The molecule has 0 aromatic carbocycles. The number of nitrogens with one attached hydrogen (secondary N) is 2. The SMILES string of the molecule is CCNc1ccnc(CN(C)CC(=O)NC(C)C)c1. The normalized spacial score (nSPS) is 10.8. The van der Waals surface area contributed by atoms with Gasteiger partial charge in [-0.25, -0.2) is 0 Å². The second kappa shape index (κ2) is 7.74. The Morgan fingerprint density at radius 1 is 1.47 bits per heavy atom. The third kappa shape index (κ3) is 6.20. The van der Waals surface area contributed by atoms with E-state index in [-0.39, 0.29) is 11.9 Å². The minimum atomic E-state index is 0.0420. The molecule has 5 heteroatoms. The van der Waals surface area contributed by atoms with Crippen molar-refractivity contribution in [2.45, 2.75) is 33.4 Å². The van der Waals surface area contributed by atoms with Crippen molar-refractivity contribution < 1.29 is 4.79 Å². The van der Waals surface area contributed by atoms with Crippen LogP contribution in [0.15, 0.2) is 18.3 Å². The van der Waals surface area contributed by atoms with Crippen molar-refractivity contribution in [1.29, 1.82) is 0 Å². The Bertz CT molecular complexity index is 406. The zero-order valence-corrected chi connectivity index (χ0v) is 12.2. The number of hydrogen-bond donors (Lipinski definition) is 2. The predicted octanol–water partition coefficient (Wildman–Crippen LogP) is 1.47. The number of likely N-dealkylation sites (N-methyl/N-ethyl adjacent to an activating group) is 1. The zero-order valence-electron chi connectivity index (χ0n) is 12.2. The molecule has 1 aromatic heterocycles. The minimum absolute atomic E-state index is 0.0420. The summed E-state index contributed by atoms with van der Waals surface area (Å²) in [5, 5.41) is 6.13. The van der Waals surface area contributed by atoms with Crippen LogP contribution in [0.3, 0.4) is 0 Å². The third-order valence-electron chi connectivity index (χ3n) is 2.49. The van der Waals surface area contributed by atoms with Crippen molar-refractivity contribution in [3.8, 4) is 0 Å². The van der Waals surface area contributed by atoms with Crippen LogP contribution in [0.25, 0.3) is 0 Å². The second-order valence-electron chi connectivity index (χ2n) is 4.96. The van der Waals surface area contributed by atoms with Crippen LogP contribution < -0.4 is 10.6 Å². The summed E-state index contributed by atoms with van der Waals surface area (Å²) in [5.74, 6) is 0.0420. The molecular weight excluding hydrogens is 240 g/mol. The number of pyridine rings is 1. The molecule has 1 amide bonds. The van der Waals surface area contributed by atoms with Gasteiger partial charge in [0.1, 0.15) is 0 Å². The minimum Gasteiger partial charge on any atom is -0.385 e. The van der Waals surface area contributed by atoms with E-state index in [1.165, 1.54) is 0 Å². The fourth-order valence-corrected chi connectivity index (χ4v) is 1.82. The Morgan fingerprint density at radius 2 is 2.21 bits per heavy atom. The fraction of sp³-hybridized carbons (Fsp3) is 0.571. The molecule has 0 saturated carbocycles. The lowest BCUT2D eigenvalue weighted by Crippen LogP contribution is -2.38. The Kier molecular flexibility index (Phi) is 6.29. The Morgan fingerprint density at radius 3 is 2.84 bits per heavy atom. The molecular formula is C14H24N4O. The van der Waals surface area contributed by atoms with Crippen molar-refractivity contribution >= 4 is 11.6 Å². The van der Waals surface area contributed by atoms with E-state index in [2.05, 4.69) is 22.5 Å². The first-order valence-corrected chi connectivity index (χ1v) is 6.68. The zero-order chi connectivity index (χ0) is 14.3. The average Bonchev–Trinajstić information content (AvgIpc) is 2.28. The highest BCUT2D eigenvalue weighted by Gasteiger charge is 2.08. The molecule has 0 bridgehead atoms. The highest BCUT2D eigenvalue weighted by molar-refractivity contribution is 5.78. The molecule has 0 spiro atoms. The van der Waals surface area contributed by atoms with E-state index in [4.69, 9.17) is 0 Å². The smallest absolute Gasteiger partial charge is 0.234 e. The van der Waals surface area contributed by atoms with Crippen molar-refractivity contribution in [3.63, 3.8) is 0 Å². The summed E-state index contributed by atoms with van der Waals surface area (Å²) in [6.07, 6.45) is 1.79. The number of nitrogens with zero attached hydrogens (tertiary/aromatic N) is 2. The van der Waals surface area contributed by atoms with Gasteiger partial charge in [0.25, 0.3) is 0 Å². The van der Waals surface area contributed by atoms with E-state index >= 15 is 0 Å². The average molecular weight is 264 g/mol. The van der Waals surface area contributed by atoms with E-state index in [1.807, 2.05) is 37.9 Å². The molecule has 0 unspecified atom stereocenters. The maximum absolute atomic E-state index is 11.6. The molecule has 1 rings (SSSR count). The van der Waals surface area contributed by atoms with Gasteiger partial charge in [-0.1, -0.05) is 0 Å². The van der Waals surface area contributed by atoms with Crippen molar-refractivity contribution in [2.75, 3.05) is 25.5 Å². The van der Waals surface area contributed by atoms with Gasteiger partial charge in [0.2, 0.25) is 5.91 Å². The lowest BCUT2D eigenvalue weighted by atomic mass is 10.3. The first kappa shape index (κ1) is 15.4. The molecule has 1 heterocycles. The van der Waals surface area contributed by atoms with Crippen LogP contribution >= 0.6 is 0 Å². The fourth-order valence-electron chi connectivity index (χ4n) is 1.82. The van der Waals surface area contributed by atoms with Crippen LogP contribution in [0.2, 0.25) is 0 Å². The van der Waals surface area contributed by atoms with Crippen LogP contribution in [-0.2, 0) is 11.3 Å². The molecule has 1 aromatic rings. The van der Waals surface area contributed by atoms with Crippen molar-refractivity contribution in [2.24, 2.45) is 0 Å². The summed E-state index contributed by atoms with van der Waals surface area (Å²) in [7, 11) is 1.92. The number of rotatable bonds is 7. The van der Waals surface area contributed by atoms with Gasteiger partial charge in [0.05, 0.1) is 12.2 Å². The lowest BCUT2D eigenvalue weighted by Gasteiger charge is -2.17. The van der Waals surface area contributed by atoms with Gasteiger partial charge in [-0.3, -0.25) is 14.7 Å². The monoisotopic (exact) mass is 264 g/mol. The summed E-state index contributed by atoms with van der Waals surface area (Å²) >= 11 is 0. The van der Waals surface area contributed by atoms with Gasteiger partial charge in [0.15, 0.2) is 0 Å². The van der Waals surface area contributed by atoms with E-state index in [1.54, 1.807) is 6.20 Å². The first-order valence-electron chi connectivity index (χ1n) is 6.68. The molecule has 0 aliphatic rings. The van der Waals surface area contributed by atoms with Gasteiger partial charge in [-0.05, 0) is 40.0 Å². The molecule has 19 heavy (non-hydrogen) atoms. The molecule has 5 nitrogen and oxygen atoms in total. The summed E-state index contributed by atoms with van der Waals surface area (Å²) in [6.45, 7) is 7.90. The van der Waals surface area contributed by atoms with E-state index in [0.29, 0.717) is 13.1 Å². The highest BCUT2D eigenvalue weighted by atomic mass is 16.2. The van der Waals surface area contributed by atoms with Crippen LogP contribution in [0.1, 0.15) is 26.5 Å². The summed E-state index contributed by atoms with van der Waals surface area (Å²) < 4.78 is 0. The van der Waals surface area contributed by atoms with Gasteiger partial charge >= 0.3 is 0 Å². The van der Waals surface area contributed by atoms with Gasteiger partial charge < -0.3 is 10.6 Å². The largest absolute Gasteiger partial charge is 0.385 e. The van der Waals surface area contributed by atoms with Crippen LogP contribution in [0, 0.1) is 0 Å². The predicted molar refractivity (Wildman–Crippen MR) is 78.0 cm³/mol. The molecule has 0 radical (unpaired) electrons. The first-order chi connectivity index (χ1) is 9.01. The number of carbonyl (C=O) groups is 1. The number of amides is 1. The van der Waals surface area contributed by atoms with E-state index < -0.39 is 0 Å². The van der Waals surface area contributed by atoms with Crippen LogP contribution in [0.4, 0.5) is 5.69 Å². The molecule has 0 fully saturated rings. The maximum Gasteiger partial charge on any atom is 0.234 e. The molecule has 0 atom stereocenters. The quantitative estimate of drug-likeness (QED) is 0.783. The summed E-state index contributed by atoms with van der Waals surface area (Å²) in [5.41, 5.74) is 2.02. The van der Waals surface area contributed by atoms with E-state index in [9.17, 15) is 4.79 Å². The van der Waals surface area contributed by atoms with Crippen molar-refractivity contribution in [3.05, 3.63) is 24.0 Å². The Balaban J connectivity index is 2.49. The van der Waals surface area contributed by atoms with Gasteiger partial charge in [-0.2, -0.15) is 0 Å². The van der Waals surface area contributed by atoms with Crippen LogP contribution in [-0.4, -0.2) is 42.0 Å². The molecule has 0 saturated heterocycles. The van der Waals surface area contributed by atoms with Crippen molar-refractivity contribution in [1.82, 2.24) is 15.2 Å². The number of aromatic nitrogens is 1. The second-order valence-corrected chi connectivity index (χ2v) is 4.96. The highest BCUT2D eigenvalue weighted by Crippen LogP contribution is 2.08. The third-order valence-corrected chi connectivity index (χ3v) is 2.49.